The number of anilines is 1. The van der Waals surface area contributed by atoms with Gasteiger partial charge in [-0.05, 0) is 18.6 Å². The number of nitrogens with zero attached hydrogens (tertiary/aromatic N) is 2. The van der Waals surface area contributed by atoms with Crippen LogP contribution in [-0.4, -0.2) is 67.6 Å². The lowest BCUT2D eigenvalue weighted by Gasteiger charge is -2.34. The second kappa shape index (κ2) is 9.61. The molecular weight excluding hydrogens is 330 g/mol. The fourth-order valence-corrected chi connectivity index (χ4v) is 2.69. The number of rotatable bonds is 7. The number of para-hydroxylation sites is 1. The van der Waals surface area contributed by atoms with Crippen molar-refractivity contribution >= 4 is 29.1 Å². The molecule has 1 N–H and O–H groups in total. The Morgan fingerprint density at radius 2 is 1.92 bits per heavy atom. The van der Waals surface area contributed by atoms with Gasteiger partial charge in [-0.1, -0.05) is 30.7 Å². The summed E-state index contributed by atoms with van der Waals surface area (Å²) in [5.74, 6) is -0.0854. The number of carbonyl (C=O) groups is 2. The minimum Gasteiger partial charge on any atom is -0.372 e. The van der Waals surface area contributed by atoms with Crippen molar-refractivity contribution in [3.63, 3.8) is 0 Å². The van der Waals surface area contributed by atoms with E-state index in [0.717, 1.165) is 6.42 Å². The van der Waals surface area contributed by atoms with Crippen LogP contribution in [0.2, 0.25) is 5.02 Å². The van der Waals surface area contributed by atoms with Crippen molar-refractivity contribution in [2.24, 2.45) is 0 Å². The second-order valence-electron chi connectivity index (χ2n) is 5.74. The fraction of sp³-hybridized carbons (Fsp3) is 0.529. The number of ether oxygens (including phenoxy) is 1. The first-order chi connectivity index (χ1) is 11.6. The van der Waals surface area contributed by atoms with Crippen LogP contribution >= 0.6 is 11.6 Å². The molecule has 1 saturated heterocycles. The third-order valence-corrected chi connectivity index (χ3v) is 4.14. The molecule has 0 unspecified atom stereocenters. The Balaban J connectivity index is 1.72. The lowest BCUT2D eigenvalue weighted by molar-refractivity contribution is -0.138. The van der Waals surface area contributed by atoms with E-state index >= 15 is 0 Å². The highest BCUT2D eigenvalue weighted by molar-refractivity contribution is 6.33. The molecule has 0 saturated carbocycles. The molecule has 1 heterocycles. The Kier molecular flexibility index (Phi) is 7.49. The Bertz CT molecular complexity index is 560. The highest BCUT2D eigenvalue weighted by atomic mass is 35.5. The summed E-state index contributed by atoms with van der Waals surface area (Å²) >= 11 is 6.03. The molecule has 0 spiro atoms. The van der Waals surface area contributed by atoms with Gasteiger partial charge in [-0.25, -0.2) is 0 Å². The molecular formula is C17H24ClN3O3. The summed E-state index contributed by atoms with van der Waals surface area (Å²) in [6.45, 7) is 5.64. The van der Waals surface area contributed by atoms with Crippen LogP contribution in [0, 0.1) is 0 Å². The van der Waals surface area contributed by atoms with Crippen LogP contribution in [0.25, 0.3) is 0 Å². The SMILES string of the molecule is CCCOCC(=O)N1CCN(CC(=O)Nc2ccccc2Cl)CC1. The van der Waals surface area contributed by atoms with Gasteiger partial charge in [0, 0.05) is 32.8 Å². The monoisotopic (exact) mass is 353 g/mol. The van der Waals surface area contributed by atoms with Gasteiger partial charge in [0.2, 0.25) is 11.8 Å². The van der Waals surface area contributed by atoms with Gasteiger partial charge >= 0.3 is 0 Å². The van der Waals surface area contributed by atoms with E-state index in [9.17, 15) is 9.59 Å². The first kappa shape index (κ1) is 18.7. The molecule has 132 valence electrons. The standard InChI is InChI=1S/C17H24ClN3O3/c1-2-11-24-13-17(23)21-9-7-20(8-10-21)12-16(22)19-15-6-4-3-5-14(15)18/h3-6H,2,7-13H2,1H3,(H,19,22). The van der Waals surface area contributed by atoms with Crippen molar-refractivity contribution in [3.8, 4) is 0 Å². The molecule has 1 aliphatic rings. The van der Waals surface area contributed by atoms with Gasteiger partial charge in [-0.15, -0.1) is 0 Å². The van der Waals surface area contributed by atoms with Crippen LogP contribution in [0.4, 0.5) is 5.69 Å². The van der Waals surface area contributed by atoms with Gasteiger partial charge in [0.1, 0.15) is 6.61 Å². The summed E-state index contributed by atoms with van der Waals surface area (Å²) in [5, 5.41) is 3.33. The fourth-order valence-electron chi connectivity index (χ4n) is 2.51. The molecule has 0 aliphatic carbocycles. The third kappa shape index (κ3) is 5.78. The Labute approximate surface area is 147 Å². The van der Waals surface area contributed by atoms with Crippen LogP contribution in [0.15, 0.2) is 24.3 Å². The average molecular weight is 354 g/mol. The minimum absolute atomic E-state index is 0.0172. The number of hydrogen-bond acceptors (Lipinski definition) is 4. The average Bonchev–Trinajstić information content (AvgIpc) is 2.58. The quantitative estimate of drug-likeness (QED) is 0.760. The van der Waals surface area contributed by atoms with E-state index in [4.69, 9.17) is 16.3 Å². The largest absolute Gasteiger partial charge is 0.372 e. The maximum absolute atomic E-state index is 12.1. The number of benzene rings is 1. The van der Waals surface area contributed by atoms with Gasteiger partial charge < -0.3 is 15.0 Å². The number of nitrogens with one attached hydrogen (secondary N) is 1. The normalized spacial score (nSPS) is 15.3. The molecule has 1 aromatic rings. The smallest absolute Gasteiger partial charge is 0.248 e. The molecule has 2 amide bonds. The van der Waals surface area contributed by atoms with Crippen molar-refractivity contribution < 1.29 is 14.3 Å². The molecule has 0 aromatic heterocycles. The van der Waals surface area contributed by atoms with E-state index in [-0.39, 0.29) is 18.4 Å². The van der Waals surface area contributed by atoms with Crippen LogP contribution < -0.4 is 5.32 Å². The van der Waals surface area contributed by atoms with E-state index in [1.54, 1.807) is 17.0 Å². The van der Waals surface area contributed by atoms with Crippen LogP contribution in [0.3, 0.4) is 0 Å². The summed E-state index contributed by atoms with van der Waals surface area (Å²) in [5.41, 5.74) is 0.617. The topological polar surface area (TPSA) is 61.9 Å². The first-order valence-electron chi connectivity index (χ1n) is 8.22. The zero-order chi connectivity index (χ0) is 17.4. The Morgan fingerprint density at radius 1 is 1.21 bits per heavy atom. The summed E-state index contributed by atoms with van der Waals surface area (Å²) in [4.78, 5) is 27.9. The zero-order valence-electron chi connectivity index (χ0n) is 14.0. The van der Waals surface area contributed by atoms with Gasteiger partial charge in [-0.2, -0.15) is 0 Å². The van der Waals surface area contributed by atoms with Crippen molar-refractivity contribution in [1.82, 2.24) is 9.80 Å². The van der Waals surface area contributed by atoms with Crippen LogP contribution in [-0.2, 0) is 14.3 Å². The van der Waals surface area contributed by atoms with E-state index in [1.165, 1.54) is 0 Å². The summed E-state index contributed by atoms with van der Waals surface area (Å²) in [6.07, 6.45) is 0.904. The van der Waals surface area contributed by atoms with E-state index in [2.05, 4.69) is 5.32 Å². The molecule has 1 aromatic carbocycles. The molecule has 0 radical (unpaired) electrons. The molecule has 1 fully saturated rings. The minimum atomic E-state index is -0.103. The van der Waals surface area contributed by atoms with Gasteiger partial charge in [0.25, 0.3) is 0 Å². The van der Waals surface area contributed by atoms with Gasteiger partial charge in [-0.3, -0.25) is 14.5 Å². The molecule has 6 nitrogen and oxygen atoms in total. The third-order valence-electron chi connectivity index (χ3n) is 3.81. The highest BCUT2D eigenvalue weighted by Gasteiger charge is 2.22. The van der Waals surface area contributed by atoms with E-state index in [0.29, 0.717) is 50.0 Å². The van der Waals surface area contributed by atoms with Crippen LogP contribution in [0.1, 0.15) is 13.3 Å². The van der Waals surface area contributed by atoms with Gasteiger partial charge in [0.15, 0.2) is 0 Å². The summed E-state index contributed by atoms with van der Waals surface area (Å²) in [6, 6.07) is 7.15. The summed E-state index contributed by atoms with van der Waals surface area (Å²) < 4.78 is 5.29. The molecule has 0 bridgehead atoms. The highest BCUT2D eigenvalue weighted by Crippen LogP contribution is 2.20. The van der Waals surface area contributed by atoms with Crippen molar-refractivity contribution in [2.45, 2.75) is 13.3 Å². The number of piperazine rings is 1. The number of hydrogen-bond donors (Lipinski definition) is 1. The number of amides is 2. The van der Waals surface area contributed by atoms with E-state index in [1.807, 2.05) is 24.0 Å². The second-order valence-corrected chi connectivity index (χ2v) is 6.14. The van der Waals surface area contributed by atoms with Crippen LogP contribution in [0.5, 0.6) is 0 Å². The van der Waals surface area contributed by atoms with Gasteiger partial charge in [0.05, 0.1) is 17.3 Å². The lowest BCUT2D eigenvalue weighted by atomic mass is 10.3. The molecule has 1 aliphatic heterocycles. The predicted octanol–water partition coefficient (Wildman–Crippen LogP) is 1.85. The Morgan fingerprint density at radius 3 is 2.58 bits per heavy atom. The zero-order valence-corrected chi connectivity index (χ0v) is 14.7. The van der Waals surface area contributed by atoms with Crippen molar-refractivity contribution in [2.75, 3.05) is 51.3 Å². The first-order valence-corrected chi connectivity index (χ1v) is 8.60. The molecule has 7 heteroatoms. The maximum Gasteiger partial charge on any atom is 0.248 e. The van der Waals surface area contributed by atoms with E-state index < -0.39 is 0 Å². The maximum atomic E-state index is 12.1. The lowest BCUT2D eigenvalue weighted by Crippen LogP contribution is -2.51. The predicted molar refractivity (Wildman–Crippen MR) is 94.2 cm³/mol. The number of halogens is 1. The van der Waals surface area contributed by atoms with Crippen molar-refractivity contribution in [3.05, 3.63) is 29.3 Å². The number of carbonyl (C=O) groups excluding carboxylic acids is 2. The van der Waals surface area contributed by atoms with Crippen molar-refractivity contribution in [1.29, 1.82) is 0 Å². The molecule has 2 rings (SSSR count). The summed E-state index contributed by atoms with van der Waals surface area (Å²) in [7, 11) is 0. The molecule has 0 atom stereocenters. The molecule has 24 heavy (non-hydrogen) atoms. The Hall–Kier alpha value is -1.63.